The van der Waals surface area contributed by atoms with Crippen LogP contribution in [0.2, 0.25) is 0 Å². The summed E-state index contributed by atoms with van der Waals surface area (Å²) in [6.45, 7) is -0.180. The molecule has 2 aromatic rings. The summed E-state index contributed by atoms with van der Waals surface area (Å²) in [4.78, 5) is 12.6. The highest BCUT2D eigenvalue weighted by atomic mass is 32.2. The van der Waals surface area contributed by atoms with E-state index in [-0.39, 0.29) is 10.8 Å². The Balaban J connectivity index is 1.44. The number of nitrogens with zero attached hydrogens (tertiary/aromatic N) is 3. The van der Waals surface area contributed by atoms with Crippen molar-refractivity contribution < 1.29 is 26.9 Å². The van der Waals surface area contributed by atoms with Crippen LogP contribution in [0.3, 0.4) is 0 Å². The van der Waals surface area contributed by atoms with Crippen molar-refractivity contribution in [2.24, 2.45) is 14.9 Å². The summed E-state index contributed by atoms with van der Waals surface area (Å²) in [6.07, 6.45) is 2.14. The highest BCUT2D eigenvalue weighted by molar-refractivity contribution is 7.91. The summed E-state index contributed by atoms with van der Waals surface area (Å²) in [5.41, 5.74) is 3.18. The van der Waals surface area contributed by atoms with E-state index in [1.807, 2.05) is 0 Å². The predicted octanol–water partition coefficient (Wildman–Crippen LogP) is 3.75. The van der Waals surface area contributed by atoms with Crippen LogP contribution in [0, 0.1) is 5.41 Å². The number of aryl methyl sites for hydroxylation is 2. The van der Waals surface area contributed by atoms with E-state index in [9.17, 15) is 22.2 Å². The summed E-state index contributed by atoms with van der Waals surface area (Å²) in [6, 6.07) is 1.35. The first-order valence-electron chi connectivity index (χ1n) is 10.8. The number of ether oxygens (including phenoxy) is 1. The van der Waals surface area contributed by atoms with Gasteiger partial charge in [0, 0.05) is 5.69 Å². The summed E-state index contributed by atoms with van der Waals surface area (Å²) in [7, 11) is -3.81. The third-order valence-electron chi connectivity index (χ3n) is 6.71. The molecule has 2 aliphatic carbocycles. The zero-order valence-corrected chi connectivity index (χ0v) is 18.8. The fourth-order valence-electron chi connectivity index (χ4n) is 4.86. The van der Waals surface area contributed by atoms with Gasteiger partial charge >= 0.3 is 12.2 Å². The third kappa shape index (κ3) is 3.68. The molecule has 178 valence electrons. The molecule has 2 atom stereocenters. The fraction of sp³-hybridized carbons (Fsp3) is 0.524. The monoisotopic (exact) mass is 483 g/mol. The molecule has 8 nitrogen and oxygen atoms in total. The Morgan fingerprint density at radius 1 is 1.24 bits per heavy atom. The number of nitrogens with two attached hydrogens (primary N) is 1. The zero-order chi connectivity index (χ0) is 23.6. The van der Waals surface area contributed by atoms with Crippen LogP contribution >= 0.6 is 0 Å². The average Bonchev–Trinajstić information content (AvgIpc) is 3.45. The van der Waals surface area contributed by atoms with Gasteiger partial charge in [-0.15, -0.1) is 4.36 Å². The minimum Gasteiger partial charge on any atom is -0.476 e. The molecule has 0 bridgehead atoms. The Labute approximate surface area is 189 Å². The molecule has 1 aromatic carbocycles. The second kappa shape index (κ2) is 7.45. The van der Waals surface area contributed by atoms with Gasteiger partial charge < -0.3 is 10.1 Å². The van der Waals surface area contributed by atoms with Crippen molar-refractivity contribution in [3.8, 4) is 5.88 Å². The number of carbonyl (C=O) groups excluding carboxylic acids is 1. The predicted molar refractivity (Wildman–Crippen MR) is 114 cm³/mol. The number of amides is 2. The first kappa shape index (κ1) is 22.2. The quantitative estimate of drug-likeness (QED) is 0.678. The smallest absolute Gasteiger partial charge is 0.399 e. The maximum Gasteiger partial charge on any atom is 0.399 e. The normalized spacial score (nSPS) is 23.2. The van der Waals surface area contributed by atoms with Gasteiger partial charge in [-0.05, 0) is 67.7 Å². The number of rotatable bonds is 2. The number of halogens is 3. The molecule has 2 heterocycles. The van der Waals surface area contributed by atoms with E-state index < -0.39 is 40.7 Å². The van der Waals surface area contributed by atoms with E-state index >= 15 is 0 Å². The van der Waals surface area contributed by atoms with Crippen LogP contribution in [0.1, 0.15) is 42.0 Å². The number of nitrogens with one attached hydrogen (secondary N) is 1. The molecule has 0 saturated carbocycles. The van der Waals surface area contributed by atoms with Gasteiger partial charge in [0.15, 0.2) is 9.92 Å². The van der Waals surface area contributed by atoms with Gasteiger partial charge in [0.1, 0.15) is 16.9 Å². The van der Waals surface area contributed by atoms with E-state index in [0.717, 1.165) is 73.1 Å². The molecular weight excluding hydrogens is 459 g/mol. The number of hydrogen-bond donors (Lipinski definition) is 2. The van der Waals surface area contributed by atoms with E-state index in [1.165, 1.54) is 11.1 Å². The molecule has 3 aliphatic rings. The lowest BCUT2D eigenvalue weighted by Crippen LogP contribution is -2.47. The SMILES string of the molecule is C[C@]1(C(F)(F)F)COc2c([S@@](N)(=O)=NC(=O)Nc3c4c(cc5c3CCC5)CCC4)cnn2C1. The minimum atomic E-state index is -4.51. The van der Waals surface area contributed by atoms with Gasteiger partial charge in [-0.1, -0.05) is 6.07 Å². The number of fused-ring (bicyclic) bond motifs is 3. The van der Waals surface area contributed by atoms with Gasteiger partial charge in [-0.25, -0.2) is 18.8 Å². The Morgan fingerprint density at radius 2 is 1.88 bits per heavy atom. The number of anilines is 1. The van der Waals surface area contributed by atoms with Crippen LogP contribution < -0.4 is 15.2 Å². The number of alkyl halides is 3. The van der Waals surface area contributed by atoms with Crippen molar-refractivity contribution in [3.05, 3.63) is 34.5 Å². The van der Waals surface area contributed by atoms with Crippen LogP contribution in [-0.2, 0) is 42.1 Å². The molecule has 0 fully saturated rings. The molecule has 0 saturated heterocycles. The van der Waals surface area contributed by atoms with Crippen LogP contribution in [0.4, 0.5) is 23.7 Å². The Hall–Kier alpha value is -2.60. The lowest BCUT2D eigenvalue weighted by Gasteiger charge is -2.35. The first-order chi connectivity index (χ1) is 15.5. The van der Waals surface area contributed by atoms with Crippen molar-refractivity contribution in [2.45, 2.75) is 63.1 Å². The average molecular weight is 484 g/mol. The van der Waals surface area contributed by atoms with E-state index in [0.29, 0.717) is 0 Å². The number of benzene rings is 1. The molecule has 0 unspecified atom stereocenters. The summed E-state index contributed by atoms with van der Waals surface area (Å²) < 4.78 is 63.1. The van der Waals surface area contributed by atoms with Crippen molar-refractivity contribution >= 4 is 21.6 Å². The van der Waals surface area contributed by atoms with Gasteiger partial charge in [0.2, 0.25) is 5.88 Å². The topological polar surface area (TPSA) is 112 Å². The molecule has 1 aromatic heterocycles. The van der Waals surface area contributed by atoms with Gasteiger partial charge in [-0.3, -0.25) is 0 Å². The van der Waals surface area contributed by atoms with Gasteiger partial charge in [0.05, 0.1) is 12.7 Å². The molecule has 5 rings (SSSR count). The lowest BCUT2D eigenvalue weighted by molar-refractivity contribution is -0.238. The van der Waals surface area contributed by atoms with E-state index in [2.05, 4.69) is 20.8 Å². The molecule has 12 heteroatoms. The molecular formula is C21H24F3N5O3S. The molecule has 3 N–H and O–H groups in total. The second-order valence-electron chi connectivity index (χ2n) is 9.14. The Kier molecular flexibility index (Phi) is 5.02. The molecule has 1 aliphatic heterocycles. The molecule has 2 amide bonds. The molecule has 33 heavy (non-hydrogen) atoms. The highest BCUT2D eigenvalue weighted by Gasteiger charge is 2.54. The van der Waals surface area contributed by atoms with Crippen LogP contribution in [-0.4, -0.2) is 32.8 Å². The van der Waals surface area contributed by atoms with E-state index in [4.69, 9.17) is 9.88 Å². The number of carbonyl (C=O) groups is 1. The Morgan fingerprint density at radius 3 is 2.48 bits per heavy atom. The molecule has 0 radical (unpaired) electrons. The zero-order valence-electron chi connectivity index (χ0n) is 18.0. The van der Waals surface area contributed by atoms with Crippen LogP contribution in [0.25, 0.3) is 0 Å². The highest BCUT2D eigenvalue weighted by Crippen LogP contribution is 2.44. The third-order valence-corrected chi connectivity index (χ3v) is 8.06. The maximum atomic E-state index is 13.4. The van der Waals surface area contributed by atoms with Crippen molar-refractivity contribution in [2.75, 3.05) is 11.9 Å². The first-order valence-corrected chi connectivity index (χ1v) is 12.3. The lowest BCUT2D eigenvalue weighted by atomic mass is 9.90. The fourth-order valence-corrected chi connectivity index (χ4v) is 5.86. The number of hydrogen-bond acceptors (Lipinski definition) is 4. The molecule has 0 spiro atoms. The second-order valence-corrected chi connectivity index (χ2v) is 10.9. The number of aromatic nitrogens is 2. The minimum absolute atomic E-state index is 0.165. The van der Waals surface area contributed by atoms with E-state index in [1.54, 1.807) is 0 Å². The van der Waals surface area contributed by atoms with Crippen molar-refractivity contribution in [1.29, 1.82) is 0 Å². The van der Waals surface area contributed by atoms with Gasteiger partial charge in [-0.2, -0.15) is 18.3 Å². The van der Waals surface area contributed by atoms with Crippen molar-refractivity contribution in [1.82, 2.24) is 9.78 Å². The Bertz CT molecular complexity index is 1250. The summed E-state index contributed by atoms with van der Waals surface area (Å²) in [5.74, 6) is -0.165. The van der Waals surface area contributed by atoms with Crippen molar-refractivity contribution in [3.63, 3.8) is 0 Å². The van der Waals surface area contributed by atoms with Crippen LogP contribution in [0.15, 0.2) is 21.5 Å². The van der Waals surface area contributed by atoms with Crippen LogP contribution in [0.5, 0.6) is 5.88 Å². The number of urea groups is 1. The summed E-state index contributed by atoms with van der Waals surface area (Å²) >= 11 is 0. The standard InChI is InChI=1S/C21H24F3N5O3S/c1-20(21(22,23)24)10-29-18(32-11-20)16(9-26-29)33(25,31)28-19(30)27-17-14-6-2-4-12(14)8-13-5-3-7-15(13)17/h8-9H,2-7,10-11H2,1H3,(H3,25,27,28,30,31)/t20-,33+/m1/s1. The summed E-state index contributed by atoms with van der Waals surface area (Å²) in [5, 5.41) is 12.5. The maximum absolute atomic E-state index is 13.4. The largest absolute Gasteiger partial charge is 0.476 e. The van der Waals surface area contributed by atoms with Gasteiger partial charge in [0.25, 0.3) is 0 Å².